The smallest absolute Gasteiger partial charge is 0.309 e. The van der Waals surface area contributed by atoms with Gasteiger partial charge in [-0.05, 0) is 56.0 Å². The lowest BCUT2D eigenvalue weighted by Crippen LogP contribution is -2.36. The molecule has 2 aromatic carbocycles. The first-order valence-corrected chi connectivity index (χ1v) is 11.4. The van der Waals surface area contributed by atoms with Crippen LogP contribution in [0.15, 0.2) is 30.3 Å². The molecule has 1 amide bonds. The minimum Gasteiger partial charge on any atom is -0.493 e. The van der Waals surface area contributed by atoms with E-state index in [2.05, 4.69) is 5.32 Å². The summed E-state index contributed by atoms with van der Waals surface area (Å²) in [6.07, 6.45) is 3.91. The summed E-state index contributed by atoms with van der Waals surface area (Å²) in [5.74, 6) is 1.18. The average molecular weight is 454 g/mol. The van der Waals surface area contributed by atoms with Crippen molar-refractivity contribution in [2.45, 2.75) is 51.7 Å². The van der Waals surface area contributed by atoms with Crippen LogP contribution in [-0.2, 0) is 16.1 Å². The van der Waals surface area contributed by atoms with Gasteiger partial charge in [-0.15, -0.1) is 0 Å². The maximum absolute atomic E-state index is 12.6. The molecule has 176 valence electrons. The van der Waals surface area contributed by atoms with Gasteiger partial charge in [0.15, 0.2) is 11.5 Å². The van der Waals surface area contributed by atoms with E-state index in [0.717, 1.165) is 42.4 Å². The molecule has 1 saturated carbocycles. The normalized spacial score (nSPS) is 15.7. The second-order valence-electron chi connectivity index (χ2n) is 9.14. The van der Waals surface area contributed by atoms with Gasteiger partial charge in [0, 0.05) is 17.7 Å². The van der Waals surface area contributed by atoms with Crippen LogP contribution in [0.4, 0.5) is 0 Å². The molecule has 2 aliphatic rings. The van der Waals surface area contributed by atoms with Crippen LogP contribution in [0.5, 0.6) is 17.2 Å². The third-order valence-electron chi connectivity index (χ3n) is 6.27. The van der Waals surface area contributed by atoms with Gasteiger partial charge in [0.05, 0.1) is 20.1 Å². The fourth-order valence-corrected chi connectivity index (χ4v) is 4.55. The van der Waals surface area contributed by atoms with Crippen molar-refractivity contribution in [1.29, 1.82) is 0 Å². The Bertz CT molecular complexity index is 1050. The zero-order valence-corrected chi connectivity index (χ0v) is 19.7. The highest BCUT2D eigenvalue weighted by Crippen LogP contribution is 2.46. The Hall–Kier alpha value is -3.22. The summed E-state index contributed by atoms with van der Waals surface area (Å²) in [4.78, 5) is 24.8. The first kappa shape index (κ1) is 23.0. The van der Waals surface area contributed by atoms with Gasteiger partial charge in [0.2, 0.25) is 5.75 Å². The van der Waals surface area contributed by atoms with Crippen molar-refractivity contribution in [2.75, 3.05) is 20.8 Å². The van der Waals surface area contributed by atoms with Crippen LogP contribution in [0.25, 0.3) is 11.1 Å². The lowest BCUT2D eigenvalue weighted by Gasteiger charge is -2.28. The monoisotopic (exact) mass is 453 g/mol. The molecular weight excluding hydrogens is 422 g/mol. The second kappa shape index (κ2) is 9.33. The summed E-state index contributed by atoms with van der Waals surface area (Å²) in [6.45, 7) is 4.26. The number of amides is 1. The number of carbonyl (C=O) groups is 2. The number of rotatable bonds is 8. The fraction of sp³-hybridized carbons (Fsp3) is 0.462. The number of carbonyl (C=O) groups excluding carboxylic acids is 2. The Morgan fingerprint density at radius 3 is 2.42 bits per heavy atom. The summed E-state index contributed by atoms with van der Waals surface area (Å²) < 4.78 is 23.2. The third-order valence-corrected chi connectivity index (χ3v) is 6.27. The fourth-order valence-electron chi connectivity index (χ4n) is 4.55. The summed E-state index contributed by atoms with van der Waals surface area (Å²) in [6, 6.07) is 9.34. The molecular formula is C26H31NO6. The molecule has 0 atom stereocenters. The van der Waals surface area contributed by atoms with Crippen molar-refractivity contribution in [3.05, 3.63) is 41.5 Å². The summed E-state index contributed by atoms with van der Waals surface area (Å²) in [5.41, 5.74) is 2.38. The molecule has 0 aromatic heterocycles. The van der Waals surface area contributed by atoms with E-state index in [1.807, 2.05) is 44.2 Å². The van der Waals surface area contributed by atoms with Crippen LogP contribution in [-0.4, -0.2) is 38.3 Å². The number of fused-ring (bicyclic) bond motifs is 1. The summed E-state index contributed by atoms with van der Waals surface area (Å²) >= 11 is 0. The molecule has 1 aliphatic heterocycles. The summed E-state index contributed by atoms with van der Waals surface area (Å²) in [7, 11) is 3.12. The first-order chi connectivity index (χ1) is 15.8. The third kappa shape index (κ3) is 4.63. The van der Waals surface area contributed by atoms with Gasteiger partial charge in [-0.2, -0.15) is 0 Å². The zero-order chi connectivity index (χ0) is 23.6. The van der Waals surface area contributed by atoms with E-state index < -0.39 is 5.60 Å². The molecule has 1 fully saturated rings. The van der Waals surface area contributed by atoms with E-state index in [0.29, 0.717) is 29.4 Å². The van der Waals surface area contributed by atoms with E-state index in [9.17, 15) is 9.59 Å². The Morgan fingerprint density at radius 1 is 1.00 bits per heavy atom. The first-order valence-electron chi connectivity index (χ1n) is 11.4. The molecule has 0 saturated heterocycles. The molecule has 1 heterocycles. The largest absolute Gasteiger partial charge is 0.493 e. The van der Waals surface area contributed by atoms with Crippen LogP contribution in [0.1, 0.15) is 55.5 Å². The zero-order valence-electron chi connectivity index (χ0n) is 19.7. The predicted molar refractivity (Wildman–Crippen MR) is 124 cm³/mol. The molecule has 1 N–H and O–H groups in total. The van der Waals surface area contributed by atoms with Crippen LogP contribution in [0.3, 0.4) is 0 Å². The Balaban J connectivity index is 1.66. The minimum atomic E-state index is -0.832. The van der Waals surface area contributed by atoms with Crippen molar-refractivity contribution >= 4 is 11.9 Å². The van der Waals surface area contributed by atoms with Crippen molar-refractivity contribution < 1.29 is 28.5 Å². The molecule has 7 heteroatoms. The highest BCUT2D eigenvalue weighted by atomic mass is 16.6. The van der Waals surface area contributed by atoms with E-state index in [1.165, 1.54) is 0 Å². The molecule has 2 aromatic rings. The maximum Gasteiger partial charge on any atom is 0.309 e. The molecule has 1 aliphatic carbocycles. The lowest BCUT2D eigenvalue weighted by atomic mass is 9.95. The SMILES string of the molecule is COc1ccc(-c2cccc3c2CNC3=O)c(OCC(C)(C)OC(=O)C2CCCC2)c1OC. The predicted octanol–water partition coefficient (Wildman–Crippen LogP) is 4.51. The lowest BCUT2D eigenvalue weighted by molar-refractivity contribution is -0.164. The number of esters is 1. The number of nitrogens with one attached hydrogen (secondary N) is 1. The highest BCUT2D eigenvalue weighted by molar-refractivity contribution is 6.01. The Labute approximate surface area is 194 Å². The van der Waals surface area contributed by atoms with Crippen molar-refractivity contribution in [3.63, 3.8) is 0 Å². The van der Waals surface area contributed by atoms with Gasteiger partial charge in [-0.25, -0.2) is 0 Å². The van der Waals surface area contributed by atoms with Gasteiger partial charge in [0.25, 0.3) is 5.91 Å². The molecule has 0 bridgehead atoms. The number of methoxy groups -OCH3 is 2. The van der Waals surface area contributed by atoms with Gasteiger partial charge < -0.3 is 24.3 Å². The van der Waals surface area contributed by atoms with Gasteiger partial charge in [0.1, 0.15) is 12.2 Å². The molecule has 7 nitrogen and oxygen atoms in total. The second-order valence-corrected chi connectivity index (χ2v) is 9.14. The number of ether oxygens (including phenoxy) is 4. The molecule has 0 spiro atoms. The molecule has 0 unspecified atom stereocenters. The average Bonchev–Trinajstić information content (AvgIpc) is 3.47. The van der Waals surface area contributed by atoms with E-state index >= 15 is 0 Å². The summed E-state index contributed by atoms with van der Waals surface area (Å²) in [5, 5.41) is 2.88. The van der Waals surface area contributed by atoms with E-state index in [4.69, 9.17) is 18.9 Å². The Morgan fingerprint density at radius 2 is 1.73 bits per heavy atom. The molecule has 0 radical (unpaired) electrons. The van der Waals surface area contributed by atoms with Gasteiger partial charge >= 0.3 is 5.97 Å². The minimum absolute atomic E-state index is 0.0249. The van der Waals surface area contributed by atoms with E-state index in [1.54, 1.807) is 14.2 Å². The standard InChI is InChI=1S/C26H31NO6/c1-26(2,33-25(29)16-8-5-6-9-16)15-32-22-18(12-13-21(30-3)23(22)31-4)17-10-7-11-19-20(17)14-27-24(19)28/h7,10-13,16H,5-6,8-9,14-15H2,1-4H3,(H,27,28). The highest BCUT2D eigenvalue weighted by Gasteiger charge is 2.32. The molecule has 4 rings (SSSR count). The number of benzene rings is 2. The van der Waals surface area contributed by atoms with Crippen molar-refractivity contribution in [3.8, 4) is 28.4 Å². The van der Waals surface area contributed by atoms with E-state index in [-0.39, 0.29) is 24.4 Å². The van der Waals surface area contributed by atoms with Crippen molar-refractivity contribution in [2.24, 2.45) is 5.92 Å². The number of hydrogen-bond acceptors (Lipinski definition) is 6. The quantitative estimate of drug-likeness (QED) is 0.593. The van der Waals surface area contributed by atoms with Crippen LogP contribution in [0.2, 0.25) is 0 Å². The van der Waals surface area contributed by atoms with Crippen molar-refractivity contribution in [1.82, 2.24) is 5.32 Å². The van der Waals surface area contributed by atoms with Crippen LogP contribution >= 0.6 is 0 Å². The molecule has 33 heavy (non-hydrogen) atoms. The van der Waals surface area contributed by atoms with Crippen LogP contribution in [0, 0.1) is 5.92 Å². The van der Waals surface area contributed by atoms with Gasteiger partial charge in [-0.3, -0.25) is 9.59 Å². The van der Waals surface area contributed by atoms with Gasteiger partial charge in [-0.1, -0.05) is 25.0 Å². The maximum atomic E-state index is 12.6. The number of hydrogen-bond donors (Lipinski definition) is 1. The topological polar surface area (TPSA) is 83.1 Å². The van der Waals surface area contributed by atoms with Crippen LogP contribution < -0.4 is 19.5 Å². The Kier molecular flexibility index (Phi) is 6.49.